The van der Waals surface area contributed by atoms with Gasteiger partial charge in [-0.2, -0.15) is 5.10 Å². The van der Waals surface area contributed by atoms with Crippen molar-refractivity contribution in [2.24, 2.45) is 0 Å². The van der Waals surface area contributed by atoms with Crippen molar-refractivity contribution in [3.8, 4) is 0 Å². The van der Waals surface area contributed by atoms with Crippen LogP contribution < -0.4 is 4.90 Å². The van der Waals surface area contributed by atoms with Crippen LogP contribution in [0.1, 0.15) is 24.4 Å². The van der Waals surface area contributed by atoms with E-state index in [1.807, 2.05) is 37.8 Å². The second kappa shape index (κ2) is 6.40. The van der Waals surface area contributed by atoms with E-state index in [2.05, 4.69) is 31.8 Å². The van der Waals surface area contributed by atoms with Crippen molar-refractivity contribution in [1.29, 1.82) is 0 Å². The van der Waals surface area contributed by atoms with Crippen LogP contribution >= 0.6 is 0 Å². The van der Waals surface area contributed by atoms with Gasteiger partial charge in [0.25, 0.3) is 0 Å². The van der Waals surface area contributed by atoms with Crippen LogP contribution in [-0.2, 0) is 4.79 Å². The molecular weight excluding hydrogens is 290 g/mol. The minimum atomic E-state index is -0.159. The first kappa shape index (κ1) is 15.5. The molecule has 3 rings (SSSR count). The third-order valence-corrected chi connectivity index (χ3v) is 4.54. The summed E-state index contributed by atoms with van der Waals surface area (Å²) in [4.78, 5) is 16.9. The smallest absolute Gasteiger partial charge is 0.245 e. The van der Waals surface area contributed by atoms with Gasteiger partial charge >= 0.3 is 0 Å². The standard InChI is InChI=1S/C17H23N5O/c1-13-6-7-14(2)22(13)15(3)17(23)21-11-9-20(10-12-21)16-5-4-8-18-19-16/h4-8,15H,9-12H2,1-3H3. The summed E-state index contributed by atoms with van der Waals surface area (Å²) < 4.78 is 2.11. The van der Waals surface area contributed by atoms with E-state index >= 15 is 0 Å². The van der Waals surface area contributed by atoms with E-state index < -0.39 is 0 Å². The molecule has 2 aromatic rings. The van der Waals surface area contributed by atoms with Gasteiger partial charge in [-0.1, -0.05) is 0 Å². The third-order valence-electron chi connectivity index (χ3n) is 4.54. The Morgan fingerprint density at radius 2 is 1.74 bits per heavy atom. The lowest BCUT2D eigenvalue weighted by Gasteiger charge is -2.36. The van der Waals surface area contributed by atoms with Gasteiger partial charge in [-0.15, -0.1) is 5.10 Å². The molecule has 3 heterocycles. The molecule has 1 aliphatic heterocycles. The minimum absolute atomic E-state index is 0.159. The summed E-state index contributed by atoms with van der Waals surface area (Å²) in [6.45, 7) is 9.10. The van der Waals surface area contributed by atoms with Gasteiger partial charge in [-0.25, -0.2) is 0 Å². The average Bonchev–Trinajstić information content (AvgIpc) is 2.93. The molecule has 0 aromatic carbocycles. The maximum Gasteiger partial charge on any atom is 0.245 e. The molecule has 1 atom stereocenters. The zero-order chi connectivity index (χ0) is 16.4. The van der Waals surface area contributed by atoms with E-state index in [-0.39, 0.29) is 11.9 Å². The van der Waals surface area contributed by atoms with Crippen LogP contribution in [0.3, 0.4) is 0 Å². The van der Waals surface area contributed by atoms with E-state index in [0.29, 0.717) is 0 Å². The molecule has 0 saturated carbocycles. The van der Waals surface area contributed by atoms with Gasteiger partial charge in [0.15, 0.2) is 5.82 Å². The van der Waals surface area contributed by atoms with Crippen LogP contribution in [0, 0.1) is 13.8 Å². The van der Waals surface area contributed by atoms with Crippen LogP contribution in [0.2, 0.25) is 0 Å². The summed E-state index contributed by atoms with van der Waals surface area (Å²) in [6.07, 6.45) is 1.67. The van der Waals surface area contributed by atoms with Crippen LogP contribution in [0.15, 0.2) is 30.5 Å². The Kier molecular flexibility index (Phi) is 4.32. The Bertz CT molecular complexity index is 654. The second-order valence-electron chi connectivity index (χ2n) is 6.06. The predicted molar refractivity (Wildman–Crippen MR) is 89.4 cm³/mol. The summed E-state index contributed by atoms with van der Waals surface area (Å²) in [6, 6.07) is 7.81. The highest BCUT2D eigenvalue weighted by atomic mass is 16.2. The van der Waals surface area contributed by atoms with Crippen molar-refractivity contribution in [1.82, 2.24) is 19.7 Å². The van der Waals surface area contributed by atoms with Crippen molar-refractivity contribution >= 4 is 11.7 Å². The largest absolute Gasteiger partial charge is 0.352 e. The number of amides is 1. The van der Waals surface area contributed by atoms with Crippen molar-refractivity contribution in [3.63, 3.8) is 0 Å². The number of rotatable bonds is 3. The first-order valence-electron chi connectivity index (χ1n) is 8.04. The number of aryl methyl sites for hydroxylation is 2. The molecule has 0 radical (unpaired) electrons. The van der Waals surface area contributed by atoms with E-state index in [9.17, 15) is 4.79 Å². The van der Waals surface area contributed by atoms with E-state index in [4.69, 9.17) is 0 Å². The van der Waals surface area contributed by atoms with Gasteiger partial charge in [0.05, 0.1) is 0 Å². The number of carbonyl (C=O) groups excluding carboxylic acids is 1. The summed E-state index contributed by atoms with van der Waals surface area (Å²) in [5, 5.41) is 8.06. The average molecular weight is 313 g/mol. The van der Waals surface area contributed by atoms with Crippen molar-refractivity contribution in [3.05, 3.63) is 41.9 Å². The Morgan fingerprint density at radius 3 is 2.30 bits per heavy atom. The van der Waals surface area contributed by atoms with Gasteiger partial charge in [0.1, 0.15) is 6.04 Å². The van der Waals surface area contributed by atoms with E-state index in [0.717, 1.165) is 43.4 Å². The molecule has 0 bridgehead atoms. The molecule has 23 heavy (non-hydrogen) atoms. The Balaban J connectivity index is 1.64. The minimum Gasteiger partial charge on any atom is -0.352 e. The van der Waals surface area contributed by atoms with Crippen molar-refractivity contribution in [2.45, 2.75) is 26.8 Å². The fraction of sp³-hybridized carbons (Fsp3) is 0.471. The predicted octanol–water partition coefficient (Wildman–Crippen LogP) is 1.80. The van der Waals surface area contributed by atoms with Crippen molar-refractivity contribution in [2.75, 3.05) is 31.1 Å². The molecule has 1 amide bonds. The first-order chi connectivity index (χ1) is 11.1. The third kappa shape index (κ3) is 3.06. The lowest BCUT2D eigenvalue weighted by molar-refractivity contribution is -0.134. The van der Waals surface area contributed by atoms with Gasteiger partial charge in [-0.3, -0.25) is 4.79 Å². The number of aromatic nitrogens is 3. The quantitative estimate of drug-likeness (QED) is 0.867. The molecule has 6 nitrogen and oxygen atoms in total. The highest BCUT2D eigenvalue weighted by Gasteiger charge is 2.27. The molecule has 122 valence electrons. The van der Waals surface area contributed by atoms with Gasteiger partial charge in [0, 0.05) is 43.8 Å². The maximum absolute atomic E-state index is 12.8. The van der Waals surface area contributed by atoms with Crippen LogP contribution in [0.4, 0.5) is 5.82 Å². The van der Waals surface area contributed by atoms with Gasteiger partial charge < -0.3 is 14.4 Å². The lowest BCUT2D eigenvalue weighted by Crippen LogP contribution is -2.50. The monoisotopic (exact) mass is 313 g/mol. The molecule has 1 unspecified atom stereocenters. The highest BCUT2D eigenvalue weighted by Crippen LogP contribution is 2.19. The fourth-order valence-electron chi connectivity index (χ4n) is 3.28. The topological polar surface area (TPSA) is 54.3 Å². The Labute approximate surface area is 136 Å². The maximum atomic E-state index is 12.8. The molecule has 6 heteroatoms. The van der Waals surface area contributed by atoms with Crippen molar-refractivity contribution < 1.29 is 4.79 Å². The molecule has 2 aromatic heterocycles. The van der Waals surface area contributed by atoms with Crippen LogP contribution in [0.5, 0.6) is 0 Å². The fourth-order valence-corrected chi connectivity index (χ4v) is 3.28. The normalized spacial score (nSPS) is 16.5. The number of hydrogen-bond donors (Lipinski definition) is 0. The summed E-state index contributed by atoms with van der Waals surface area (Å²) in [5.41, 5.74) is 2.25. The molecule has 0 aliphatic carbocycles. The number of carbonyl (C=O) groups is 1. The lowest BCUT2D eigenvalue weighted by atomic mass is 10.2. The van der Waals surface area contributed by atoms with Gasteiger partial charge in [-0.05, 0) is 45.0 Å². The Morgan fingerprint density at radius 1 is 1.09 bits per heavy atom. The molecule has 1 fully saturated rings. The zero-order valence-corrected chi connectivity index (χ0v) is 13.9. The first-order valence-corrected chi connectivity index (χ1v) is 8.04. The molecule has 0 N–H and O–H groups in total. The number of nitrogens with zero attached hydrogens (tertiary/aromatic N) is 5. The zero-order valence-electron chi connectivity index (χ0n) is 13.9. The molecule has 0 spiro atoms. The molecular formula is C17H23N5O. The number of hydrogen-bond acceptors (Lipinski definition) is 4. The SMILES string of the molecule is Cc1ccc(C)n1C(C)C(=O)N1CCN(c2cccnn2)CC1. The Hall–Kier alpha value is -2.37. The highest BCUT2D eigenvalue weighted by molar-refractivity contribution is 5.80. The summed E-state index contributed by atoms with van der Waals surface area (Å²) in [7, 11) is 0. The summed E-state index contributed by atoms with van der Waals surface area (Å²) >= 11 is 0. The molecule has 1 saturated heterocycles. The van der Waals surface area contributed by atoms with E-state index in [1.165, 1.54) is 0 Å². The van der Waals surface area contributed by atoms with Gasteiger partial charge in [0.2, 0.25) is 5.91 Å². The summed E-state index contributed by atoms with van der Waals surface area (Å²) in [5.74, 6) is 1.07. The number of piperazine rings is 1. The van der Waals surface area contributed by atoms with Crippen LogP contribution in [0.25, 0.3) is 0 Å². The molecule has 1 aliphatic rings. The second-order valence-corrected chi connectivity index (χ2v) is 6.06. The van der Waals surface area contributed by atoms with Crippen LogP contribution in [-0.4, -0.2) is 51.8 Å². The number of anilines is 1. The van der Waals surface area contributed by atoms with E-state index in [1.54, 1.807) is 6.20 Å².